The molecule has 0 aromatic carbocycles. The highest BCUT2D eigenvalue weighted by Gasteiger charge is 2.43. The Kier molecular flexibility index (Phi) is 7.56. The molecule has 2 unspecified atom stereocenters. The van der Waals surface area contributed by atoms with Crippen LogP contribution in [0.3, 0.4) is 0 Å². The van der Waals surface area contributed by atoms with Gasteiger partial charge in [-0.2, -0.15) is 17.6 Å². The van der Waals surface area contributed by atoms with E-state index in [4.69, 9.17) is 25.4 Å². The molecule has 3 heterocycles. The monoisotopic (exact) mass is 445 g/mol. The third-order valence-electron chi connectivity index (χ3n) is 3.42. The Labute approximate surface area is 157 Å². The average molecular weight is 445 g/mol. The number of nitrogen functional groups attached to an aromatic ring is 1. The van der Waals surface area contributed by atoms with Crippen LogP contribution in [0.15, 0.2) is 11.1 Å². The number of imidazole rings is 1. The molecule has 2 aromatic heterocycles. The fraction of sp³-hybridized carbons (Fsp3) is 0.500. The van der Waals surface area contributed by atoms with Crippen LogP contribution in [0.25, 0.3) is 11.2 Å². The lowest BCUT2D eigenvalue weighted by atomic mass is 10.2. The van der Waals surface area contributed by atoms with Crippen molar-refractivity contribution < 1.29 is 38.2 Å². The lowest BCUT2D eigenvalue weighted by Crippen LogP contribution is -2.30. The summed E-state index contributed by atoms with van der Waals surface area (Å²) in [7, 11) is -6.40. The van der Waals surface area contributed by atoms with Gasteiger partial charge >= 0.3 is 16.5 Å². The van der Waals surface area contributed by atoms with Crippen LogP contribution in [-0.2, 0) is 18.2 Å². The zero-order valence-corrected chi connectivity index (χ0v) is 16.2. The van der Waals surface area contributed by atoms with Gasteiger partial charge in [-0.1, -0.05) is 0 Å². The summed E-state index contributed by atoms with van der Waals surface area (Å²) in [6, 6.07) is 0. The predicted molar refractivity (Wildman–Crippen MR) is 95.9 cm³/mol. The zero-order valence-electron chi connectivity index (χ0n) is 13.3. The highest BCUT2D eigenvalue weighted by Crippen LogP contribution is 2.34. The van der Waals surface area contributed by atoms with Crippen molar-refractivity contribution in [2.45, 2.75) is 23.7 Å². The van der Waals surface area contributed by atoms with E-state index in [2.05, 4.69) is 31.9 Å². The number of aromatic amines is 1. The number of anilines is 1. The van der Waals surface area contributed by atoms with Crippen molar-refractivity contribution in [3.63, 3.8) is 0 Å². The van der Waals surface area contributed by atoms with E-state index in [1.165, 1.54) is 10.9 Å². The molecule has 27 heavy (non-hydrogen) atoms. The molecule has 0 amide bonds. The van der Waals surface area contributed by atoms with E-state index in [9.17, 15) is 19.0 Å². The molecule has 0 aliphatic carbocycles. The summed E-state index contributed by atoms with van der Waals surface area (Å²) in [6.07, 6.45) is -1.03. The molecule has 7 N–H and O–H groups in total. The number of H-pyrrole nitrogens is 1. The molecule has 0 saturated carbocycles. The fourth-order valence-corrected chi connectivity index (χ4v) is 3.32. The Hall–Kier alpha value is -1.28. The topological polar surface area (TPSA) is 223 Å². The molecule has 6 atom stereocenters. The minimum Gasteiger partial charge on any atom is -0.394 e. The minimum absolute atomic E-state index is 0.0442. The van der Waals surface area contributed by atoms with Crippen molar-refractivity contribution in [1.29, 1.82) is 0 Å². The second-order valence-electron chi connectivity index (χ2n) is 5.14. The van der Waals surface area contributed by atoms with Gasteiger partial charge in [0.05, 0.1) is 24.3 Å². The summed E-state index contributed by atoms with van der Waals surface area (Å²) < 4.78 is 29.3. The summed E-state index contributed by atoms with van der Waals surface area (Å²) in [4.78, 5) is 37.4. The summed E-state index contributed by atoms with van der Waals surface area (Å²) in [6.45, 7) is -0.336. The Morgan fingerprint density at radius 2 is 2.04 bits per heavy atom. The first-order chi connectivity index (χ1) is 12.6. The Morgan fingerprint density at radius 1 is 1.41 bits per heavy atom. The van der Waals surface area contributed by atoms with Crippen molar-refractivity contribution >= 4 is 46.3 Å². The molecule has 0 radical (unpaired) electrons. The van der Waals surface area contributed by atoms with Crippen molar-refractivity contribution in [3.05, 3.63) is 16.7 Å². The molecule has 0 bridgehead atoms. The van der Waals surface area contributed by atoms with Gasteiger partial charge in [0.15, 0.2) is 17.4 Å². The number of rotatable bonds is 4. The van der Waals surface area contributed by atoms with Crippen LogP contribution in [0.5, 0.6) is 0 Å². The summed E-state index contributed by atoms with van der Waals surface area (Å²) in [5.74, 6) is -0.0442. The standard InChI is InChI=1S/C10H13N5O4S.H4O5P2/c11-10-13-7-4(8(18)14-10)12-2-15(7)9-6(20)5(17)3(1-16)19-9;1-6(2)5-7(3)4/h2-3,5-6,9,16-17,20H,1H2,(H3,11,13,14,18);6-7H,(H,1,2)(H,3,4)/t3-,5-,6-,9-;/m1./s1. The molecule has 14 nitrogen and oxygen atoms in total. The first kappa shape index (κ1) is 22.0. The smallest absolute Gasteiger partial charge is 0.323 e. The largest absolute Gasteiger partial charge is 0.394 e. The molecule has 17 heteroatoms. The summed E-state index contributed by atoms with van der Waals surface area (Å²) >= 11 is 4.28. The molecule has 0 spiro atoms. The highest BCUT2D eigenvalue weighted by atomic mass is 32.1. The number of nitrogens with two attached hydrogens (primary N) is 1. The number of nitrogens with one attached hydrogen (secondary N) is 1. The van der Waals surface area contributed by atoms with Gasteiger partial charge in [0.1, 0.15) is 6.10 Å². The molecule has 1 fully saturated rings. The number of aromatic nitrogens is 4. The van der Waals surface area contributed by atoms with E-state index in [1.54, 1.807) is 0 Å². The number of aliphatic hydroxyl groups excluding tert-OH is 2. The van der Waals surface area contributed by atoms with Gasteiger partial charge in [0, 0.05) is 0 Å². The van der Waals surface area contributed by atoms with E-state index in [-0.39, 0.29) is 23.7 Å². The Bertz CT molecular complexity index is 895. The van der Waals surface area contributed by atoms with Gasteiger partial charge in [0.2, 0.25) is 5.95 Å². The Morgan fingerprint density at radius 3 is 2.52 bits per heavy atom. The lowest BCUT2D eigenvalue weighted by Gasteiger charge is -2.16. The van der Waals surface area contributed by atoms with E-state index >= 15 is 0 Å². The number of aliphatic hydroxyl groups is 2. The number of nitrogens with zero attached hydrogens (tertiary/aromatic N) is 3. The second kappa shape index (κ2) is 9.28. The van der Waals surface area contributed by atoms with E-state index < -0.39 is 45.8 Å². The first-order valence-corrected chi connectivity index (χ1v) is 10.2. The predicted octanol–water partition coefficient (Wildman–Crippen LogP) is -1.98. The molecule has 152 valence electrons. The van der Waals surface area contributed by atoms with Crippen LogP contribution >= 0.6 is 29.1 Å². The van der Waals surface area contributed by atoms with Crippen LogP contribution in [0, 0.1) is 0 Å². The molecule has 3 rings (SSSR count). The van der Waals surface area contributed by atoms with Crippen molar-refractivity contribution in [2.75, 3.05) is 12.3 Å². The lowest BCUT2D eigenvalue weighted by molar-refractivity contribution is -0.0430. The molecule has 1 aliphatic rings. The van der Waals surface area contributed by atoms with Crippen LogP contribution in [-0.4, -0.2) is 63.6 Å². The molecular weight excluding hydrogens is 428 g/mol. The van der Waals surface area contributed by atoms with Gasteiger partial charge < -0.3 is 30.5 Å². The zero-order chi connectivity index (χ0) is 20.3. The van der Waals surface area contributed by atoms with Crippen LogP contribution < -0.4 is 11.3 Å². The van der Waals surface area contributed by atoms with E-state index in [1.807, 2.05) is 0 Å². The van der Waals surface area contributed by atoms with Gasteiger partial charge in [-0.15, -0.1) is 0 Å². The third kappa shape index (κ3) is 5.16. The maximum Gasteiger partial charge on any atom is 0.323 e. The average Bonchev–Trinajstić information content (AvgIpc) is 3.09. The van der Waals surface area contributed by atoms with Crippen molar-refractivity contribution in [1.82, 2.24) is 19.5 Å². The van der Waals surface area contributed by atoms with E-state index in [0.717, 1.165) is 0 Å². The maximum absolute atomic E-state index is 11.7. The summed E-state index contributed by atoms with van der Waals surface area (Å²) in [5.41, 5.74) is 5.40. The molecule has 2 aromatic rings. The van der Waals surface area contributed by atoms with Crippen LogP contribution in [0.1, 0.15) is 6.23 Å². The van der Waals surface area contributed by atoms with E-state index in [0.29, 0.717) is 0 Å². The maximum atomic E-state index is 11.7. The molecular formula is C10H17N5O9P2S. The molecule has 1 saturated heterocycles. The van der Waals surface area contributed by atoms with Crippen molar-refractivity contribution in [2.24, 2.45) is 0 Å². The van der Waals surface area contributed by atoms with Gasteiger partial charge in [-0.3, -0.25) is 23.5 Å². The van der Waals surface area contributed by atoms with Crippen molar-refractivity contribution in [3.8, 4) is 0 Å². The number of hydrogen-bond donors (Lipinski definition) is 7. The normalized spacial score (nSPS) is 27.1. The van der Waals surface area contributed by atoms with Gasteiger partial charge in [0.25, 0.3) is 5.56 Å². The highest BCUT2D eigenvalue weighted by molar-refractivity contribution is 7.81. The molecule has 1 aliphatic heterocycles. The first-order valence-electron chi connectivity index (χ1n) is 7.14. The summed E-state index contributed by atoms with van der Waals surface area (Å²) in [5, 5.41) is 18.4. The quantitative estimate of drug-likeness (QED) is 0.201. The third-order valence-corrected chi connectivity index (χ3v) is 5.37. The van der Waals surface area contributed by atoms with Gasteiger partial charge in [-0.05, 0) is 0 Å². The SMILES string of the molecule is Nc1nc2c(ncn2[C@@H]2O[C@H](CO)[C@@H](O)[C@H]2S)c(=O)[nH]1.O=[PH](O)O[PH](=O)O. The van der Waals surface area contributed by atoms with Crippen LogP contribution in [0.2, 0.25) is 0 Å². The van der Waals surface area contributed by atoms with Gasteiger partial charge in [-0.25, -0.2) is 9.29 Å². The number of thiol groups is 1. The number of ether oxygens (including phenoxy) is 1. The number of fused-ring (bicyclic) bond motifs is 1. The Balaban J connectivity index is 0.000000321. The fourth-order valence-electron chi connectivity index (χ4n) is 2.31. The second-order valence-corrected chi connectivity index (χ2v) is 7.61. The van der Waals surface area contributed by atoms with Crippen LogP contribution in [0.4, 0.5) is 5.95 Å². The minimum atomic E-state index is -3.20. The number of hydrogen-bond acceptors (Lipinski definition) is 11.